The predicted octanol–water partition coefficient (Wildman–Crippen LogP) is 7.65. The Morgan fingerprint density at radius 3 is 2.50 bits per heavy atom. The maximum Gasteiger partial charge on any atom is 0.573 e. The third kappa shape index (κ3) is 7.31. The molecule has 1 saturated carbocycles. The average molecular weight is 611 g/mol. The van der Waals surface area contributed by atoms with Crippen LogP contribution in [-0.4, -0.2) is 35.4 Å². The van der Waals surface area contributed by atoms with Gasteiger partial charge in [0.1, 0.15) is 30.4 Å². The summed E-state index contributed by atoms with van der Waals surface area (Å²) >= 11 is 0. The van der Waals surface area contributed by atoms with E-state index in [9.17, 15) is 23.1 Å². The number of alkyl halides is 3. The van der Waals surface area contributed by atoms with E-state index in [1.54, 1.807) is 44.2 Å². The fourth-order valence-electron chi connectivity index (χ4n) is 4.70. The Bertz CT molecular complexity index is 1690. The van der Waals surface area contributed by atoms with Crippen molar-refractivity contribution >= 4 is 11.7 Å². The molecule has 4 aromatic rings. The van der Waals surface area contributed by atoms with Gasteiger partial charge in [0, 0.05) is 17.0 Å². The number of para-hydroxylation sites is 1. The van der Waals surface area contributed by atoms with Crippen LogP contribution < -0.4 is 14.2 Å². The van der Waals surface area contributed by atoms with Crippen LogP contribution in [0.3, 0.4) is 0 Å². The summed E-state index contributed by atoms with van der Waals surface area (Å²) in [6.45, 7) is 3.60. The van der Waals surface area contributed by atoms with Gasteiger partial charge >= 0.3 is 12.3 Å². The summed E-state index contributed by atoms with van der Waals surface area (Å²) in [7, 11) is 1.48. The molecule has 1 aromatic heterocycles. The van der Waals surface area contributed by atoms with Crippen LogP contribution in [0.25, 0.3) is 11.3 Å². The lowest BCUT2D eigenvalue weighted by molar-refractivity contribution is -0.274. The van der Waals surface area contributed by atoms with E-state index in [4.69, 9.17) is 18.8 Å². The molecule has 44 heavy (non-hydrogen) atoms. The van der Waals surface area contributed by atoms with Crippen molar-refractivity contribution < 1.29 is 46.6 Å². The number of hydrogen-bond acceptors (Lipinski definition) is 8. The van der Waals surface area contributed by atoms with E-state index in [1.165, 1.54) is 31.4 Å². The number of carboxylic acids is 1. The first-order chi connectivity index (χ1) is 21.0. The lowest BCUT2D eigenvalue weighted by Crippen LogP contribution is -2.17. The third-order valence-electron chi connectivity index (χ3n) is 6.90. The number of carboxylic acid groups (broad SMARTS) is 1. The monoisotopic (exact) mass is 610 g/mol. The van der Waals surface area contributed by atoms with E-state index in [2.05, 4.69) is 15.0 Å². The summed E-state index contributed by atoms with van der Waals surface area (Å²) in [5.41, 5.74) is 3.75. The van der Waals surface area contributed by atoms with Crippen LogP contribution in [0.2, 0.25) is 0 Å². The normalized spacial score (nSPS) is 13.5. The molecule has 230 valence electrons. The lowest BCUT2D eigenvalue weighted by atomic mass is 10.0. The van der Waals surface area contributed by atoms with Crippen molar-refractivity contribution in [3.05, 3.63) is 94.2 Å². The molecule has 1 N–H and O–H groups in total. The van der Waals surface area contributed by atoms with Gasteiger partial charge in [-0.15, -0.1) is 13.2 Å². The van der Waals surface area contributed by atoms with Crippen molar-refractivity contribution in [2.24, 2.45) is 5.16 Å². The molecule has 0 atom stereocenters. The highest BCUT2D eigenvalue weighted by molar-refractivity contribution is 5.98. The van der Waals surface area contributed by atoms with Crippen molar-refractivity contribution in [2.75, 3.05) is 7.11 Å². The van der Waals surface area contributed by atoms with Gasteiger partial charge in [-0.2, -0.15) is 0 Å². The predicted molar refractivity (Wildman–Crippen MR) is 153 cm³/mol. The number of rotatable bonds is 12. The molecule has 1 aliphatic rings. The Kier molecular flexibility index (Phi) is 8.79. The van der Waals surface area contributed by atoms with Crippen molar-refractivity contribution in [2.45, 2.75) is 52.2 Å². The Labute approximate surface area is 250 Å². The smallest absolute Gasteiger partial charge is 0.493 e. The van der Waals surface area contributed by atoms with Crippen molar-refractivity contribution in [1.82, 2.24) is 5.16 Å². The first-order valence-electron chi connectivity index (χ1n) is 13.7. The highest BCUT2D eigenvalue weighted by Crippen LogP contribution is 2.46. The molecule has 5 rings (SSSR count). The van der Waals surface area contributed by atoms with Crippen LogP contribution in [0.5, 0.6) is 17.2 Å². The number of oxime groups is 1. The summed E-state index contributed by atoms with van der Waals surface area (Å²) in [4.78, 5) is 16.8. The van der Waals surface area contributed by atoms with E-state index >= 15 is 0 Å². The van der Waals surface area contributed by atoms with Gasteiger partial charge in [-0.1, -0.05) is 28.5 Å². The summed E-state index contributed by atoms with van der Waals surface area (Å²) < 4.78 is 60.7. The van der Waals surface area contributed by atoms with Gasteiger partial charge in [0.15, 0.2) is 11.5 Å². The fourth-order valence-corrected chi connectivity index (χ4v) is 4.70. The number of ether oxygens (including phenoxy) is 3. The molecule has 0 spiro atoms. The second-order valence-electron chi connectivity index (χ2n) is 10.3. The highest BCUT2D eigenvalue weighted by atomic mass is 19.4. The Hall–Kier alpha value is -5.00. The average Bonchev–Trinajstić information content (AvgIpc) is 3.74. The molecule has 0 radical (unpaired) electrons. The van der Waals surface area contributed by atoms with Crippen LogP contribution in [0.15, 0.2) is 70.3 Å². The minimum atomic E-state index is -4.87. The molecule has 1 fully saturated rings. The number of benzene rings is 3. The van der Waals surface area contributed by atoms with E-state index in [0.29, 0.717) is 39.7 Å². The summed E-state index contributed by atoms with van der Waals surface area (Å²) in [6, 6.07) is 15.9. The standard InChI is InChI=1S/C32H29F3N2O7/c1-18-12-20(14-23(13-18)31(38)39)16-42-36-19(2)22-10-11-27(28(15-22)40-3)41-17-25-29(37-44-30(25)21-8-9-21)24-6-4-5-7-26(24)43-32(33,34)35/h4-7,10-15,21H,8-9,16-17H2,1-3H3,(H,38,39)/b36-19+. The van der Waals surface area contributed by atoms with Gasteiger partial charge in [-0.05, 0) is 80.3 Å². The number of halogens is 3. The zero-order valence-corrected chi connectivity index (χ0v) is 24.1. The quantitative estimate of drug-likeness (QED) is 0.129. The van der Waals surface area contributed by atoms with Gasteiger partial charge in [0.2, 0.25) is 0 Å². The summed E-state index contributed by atoms with van der Waals surface area (Å²) in [6.07, 6.45) is -3.11. The zero-order valence-electron chi connectivity index (χ0n) is 24.1. The van der Waals surface area contributed by atoms with Gasteiger partial charge < -0.3 is 28.7 Å². The van der Waals surface area contributed by atoms with Gasteiger partial charge in [0.25, 0.3) is 0 Å². The van der Waals surface area contributed by atoms with Gasteiger partial charge in [-0.3, -0.25) is 0 Å². The molecule has 12 heteroatoms. The van der Waals surface area contributed by atoms with E-state index < -0.39 is 12.3 Å². The minimum Gasteiger partial charge on any atom is -0.493 e. The van der Waals surface area contributed by atoms with Crippen molar-refractivity contribution in [3.63, 3.8) is 0 Å². The molecule has 0 unspecified atom stereocenters. The van der Waals surface area contributed by atoms with Gasteiger partial charge in [0.05, 0.1) is 23.9 Å². The number of carbonyl (C=O) groups is 1. The number of aromatic nitrogens is 1. The second-order valence-corrected chi connectivity index (χ2v) is 10.3. The van der Waals surface area contributed by atoms with E-state index in [-0.39, 0.29) is 41.7 Å². The lowest BCUT2D eigenvalue weighted by Gasteiger charge is -2.14. The number of hydrogen-bond donors (Lipinski definition) is 1. The van der Waals surface area contributed by atoms with Crippen LogP contribution in [-0.2, 0) is 18.1 Å². The number of aromatic carboxylic acids is 1. The minimum absolute atomic E-state index is 0.0360. The zero-order chi connectivity index (χ0) is 31.4. The molecule has 0 bridgehead atoms. The molecule has 0 amide bonds. The Morgan fingerprint density at radius 2 is 1.80 bits per heavy atom. The number of nitrogens with zero attached hydrogens (tertiary/aromatic N) is 2. The van der Waals surface area contributed by atoms with Crippen molar-refractivity contribution in [1.29, 1.82) is 0 Å². The van der Waals surface area contributed by atoms with Crippen LogP contribution in [0.1, 0.15) is 64.1 Å². The summed E-state index contributed by atoms with van der Waals surface area (Å²) in [5, 5.41) is 17.5. The first-order valence-corrected chi connectivity index (χ1v) is 13.7. The third-order valence-corrected chi connectivity index (χ3v) is 6.90. The molecule has 1 aliphatic carbocycles. The van der Waals surface area contributed by atoms with Crippen LogP contribution in [0, 0.1) is 6.92 Å². The van der Waals surface area contributed by atoms with Crippen LogP contribution in [0.4, 0.5) is 13.2 Å². The number of aryl methyl sites for hydroxylation is 1. The molecule has 1 heterocycles. The largest absolute Gasteiger partial charge is 0.573 e. The number of methoxy groups -OCH3 is 1. The SMILES string of the molecule is COc1cc(/C(C)=N/OCc2cc(C)cc(C(=O)O)c2)ccc1OCc1c(-c2ccccc2OC(F)(F)F)noc1C1CC1. The molecular weight excluding hydrogens is 581 g/mol. The topological polar surface area (TPSA) is 113 Å². The molecule has 3 aromatic carbocycles. The molecular formula is C32H29F3N2O7. The fraction of sp³-hybridized carbons (Fsp3) is 0.281. The maximum atomic E-state index is 13.1. The van der Waals surface area contributed by atoms with E-state index in [0.717, 1.165) is 18.4 Å². The molecule has 9 nitrogen and oxygen atoms in total. The highest BCUT2D eigenvalue weighted by Gasteiger charge is 2.36. The molecule has 0 saturated heterocycles. The van der Waals surface area contributed by atoms with Crippen molar-refractivity contribution in [3.8, 4) is 28.5 Å². The second kappa shape index (κ2) is 12.7. The van der Waals surface area contributed by atoms with E-state index in [1.807, 2.05) is 6.07 Å². The Balaban J connectivity index is 1.33. The maximum absolute atomic E-state index is 13.1. The Morgan fingerprint density at radius 1 is 1.02 bits per heavy atom. The first kappa shape index (κ1) is 30.5. The van der Waals surface area contributed by atoms with Crippen LogP contribution >= 0.6 is 0 Å². The van der Waals surface area contributed by atoms with Gasteiger partial charge in [-0.25, -0.2) is 4.79 Å². The molecule has 0 aliphatic heterocycles. The summed E-state index contributed by atoms with van der Waals surface area (Å²) in [5.74, 6) is 0.0629.